The van der Waals surface area contributed by atoms with Gasteiger partial charge >= 0.3 is 0 Å². The largest absolute Gasteiger partial charge is 0.378 e. The van der Waals surface area contributed by atoms with Crippen LogP contribution in [0.15, 0.2) is 0 Å². The zero-order chi connectivity index (χ0) is 14.9. The minimum Gasteiger partial charge on any atom is -0.378 e. The highest BCUT2D eigenvalue weighted by Gasteiger charge is 2.58. The van der Waals surface area contributed by atoms with Gasteiger partial charge in [-0.25, -0.2) is 0 Å². The van der Waals surface area contributed by atoms with Gasteiger partial charge in [0.15, 0.2) is 0 Å². The summed E-state index contributed by atoms with van der Waals surface area (Å²) in [6, 6.07) is 0.710. The van der Waals surface area contributed by atoms with E-state index in [0.29, 0.717) is 23.1 Å². The van der Waals surface area contributed by atoms with Gasteiger partial charge in [0.2, 0.25) is 0 Å². The molecule has 21 heavy (non-hydrogen) atoms. The molecule has 3 heteroatoms. The van der Waals surface area contributed by atoms with E-state index in [1.54, 1.807) is 0 Å². The van der Waals surface area contributed by atoms with Gasteiger partial charge in [-0.15, -0.1) is 0 Å². The van der Waals surface area contributed by atoms with Gasteiger partial charge in [0.1, 0.15) is 0 Å². The molecule has 1 spiro atoms. The molecule has 0 heterocycles. The maximum Gasteiger partial charge on any atom is 0.0661 e. The SMILES string of the molecule is CCOC1CC(NCC2(N(C)C)CCCCC2)C12CCC2. The lowest BCUT2D eigenvalue weighted by Gasteiger charge is -2.62. The molecule has 0 saturated heterocycles. The van der Waals surface area contributed by atoms with Crippen LogP contribution >= 0.6 is 0 Å². The van der Waals surface area contributed by atoms with Crippen LogP contribution in [0.2, 0.25) is 0 Å². The average Bonchev–Trinajstić information content (AvgIpc) is 2.41. The Bertz CT molecular complexity index is 345. The zero-order valence-electron chi connectivity index (χ0n) is 14.3. The van der Waals surface area contributed by atoms with E-state index >= 15 is 0 Å². The van der Waals surface area contributed by atoms with Crippen molar-refractivity contribution in [3.8, 4) is 0 Å². The fourth-order valence-electron chi connectivity index (χ4n) is 5.03. The number of rotatable bonds is 6. The minimum absolute atomic E-state index is 0.403. The Morgan fingerprint density at radius 2 is 1.76 bits per heavy atom. The fraction of sp³-hybridized carbons (Fsp3) is 1.00. The number of ether oxygens (including phenoxy) is 1. The third-order valence-corrected chi connectivity index (χ3v) is 6.85. The molecule has 0 amide bonds. The van der Waals surface area contributed by atoms with Crippen LogP contribution in [0.1, 0.15) is 64.7 Å². The van der Waals surface area contributed by atoms with Crippen LogP contribution < -0.4 is 5.32 Å². The predicted octanol–water partition coefficient (Wildman–Crippen LogP) is 3.19. The summed E-state index contributed by atoms with van der Waals surface area (Å²) in [7, 11) is 4.55. The van der Waals surface area contributed by atoms with Crippen molar-refractivity contribution in [2.24, 2.45) is 5.41 Å². The third kappa shape index (κ3) is 2.66. The molecule has 0 aromatic rings. The molecule has 1 N–H and O–H groups in total. The molecule has 3 fully saturated rings. The Morgan fingerprint density at radius 3 is 2.29 bits per heavy atom. The summed E-state index contributed by atoms with van der Waals surface area (Å²) >= 11 is 0. The maximum absolute atomic E-state index is 5.98. The van der Waals surface area contributed by atoms with Crippen LogP contribution in [0.25, 0.3) is 0 Å². The van der Waals surface area contributed by atoms with E-state index < -0.39 is 0 Å². The zero-order valence-corrected chi connectivity index (χ0v) is 14.3. The first-order valence-corrected chi connectivity index (χ1v) is 9.15. The molecule has 3 aliphatic rings. The molecule has 2 unspecified atom stereocenters. The van der Waals surface area contributed by atoms with Gasteiger partial charge in [-0.2, -0.15) is 0 Å². The van der Waals surface area contributed by atoms with Crippen molar-refractivity contribution in [2.45, 2.75) is 82.4 Å². The summed E-state index contributed by atoms with van der Waals surface area (Å²) in [5, 5.41) is 3.97. The smallest absolute Gasteiger partial charge is 0.0661 e. The van der Waals surface area contributed by atoms with E-state index in [4.69, 9.17) is 4.74 Å². The molecule has 3 nitrogen and oxygen atoms in total. The van der Waals surface area contributed by atoms with Gasteiger partial charge in [0.05, 0.1) is 6.10 Å². The first kappa shape index (κ1) is 15.8. The molecule has 3 aliphatic carbocycles. The molecule has 0 radical (unpaired) electrons. The number of nitrogens with zero attached hydrogens (tertiary/aromatic N) is 1. The molecule has 122 valence electrons. The van der Waals surface area contributed by atoms with Crippen molar-refractivity contribution in [1.82, 2.24) is 10.2 Å². The van der Waals surface area contributed by atoms with Crippen molar-refractivity contribution in [3.63, 3.8) is 0 Å². The second-order valence-corrected chi connectivity index (χ2v) is 7.88. The fourth-order valence-corrected chi connectivity index (χ4v) is 5.03. The van der Waals surface area contributed by atoms with Crippen LogP contribution in [-0.2, 0) is 4.74 Å². The summed E-state index contributed by atoms with van der Waals surface area (Å²) in [5.74, 6) is 0. The summed E-state index contributed by atoms with van der Waals surface area (Å²) in [6.45, 7) is 4.18. The monoisotopic (exact) mass is 294 g/mol. The number of hydrogen-bond donors (Lipinski definition) is 1. The lowest BCUT2D eigenvalue weighted by Crippen LogP contribution is -2.69. The Labute approximate surface area is 130 Å². The van der Waals surface area contributed by atoms with Gasteiger partial charge in [-0.1, -0.05) is 25.7 Å². The first-order valence-electron chi connectivity index (χ1n) is 9.15. The highest BCUT2D eigenvalue weighted by atomic mass is 16.5. The molecule has 2 atom stereocenters. The van der Waals surface area contributed by atoms with Crippen molar-refractivity contribution in [3.05, 3.63) is 0 Å². The summed E-state index contributed by atoms with van der Waals surface area (Å²) < 4.78 is 5.98. The highest BCUT2D eigenvalue weighted by molar-refractivity contribution is 5.12. The lowest BCUT2D eigenvalue weighted by atomic mass is 9.51. The second kappa shape index (κ2) is 6.17. The van der Waals surface area contributed by atoms with E-state index in [-0.39, 0.29) is 0 Å². The van der Waals surface area contributed by atoms with E-state index in [2.05, 4.69) is 31.2 Å². The van der Waals surface area contributed by atoms with Crippen LogP contribution in [0, 0.1) is 5.41 Å². The van der Waals surface area contributed by atoms with Crippen LogP contribution in [0.3, 0.4) is 0 Å². The topological polar surface area (TPSA) is 24.5 Å². The molecular weight excluding hydrogens is 260 g/mol. The standard InChI is InChI=1S/C18H34N2O/c1-4-21-16-13-15(18(16)11-8-12-18)19-14-17(20(2)3)9-6-5-7-10-17/h15-16,19H,4-14H2,1-3H3. The average molecular weight is 294 g/mol. The van der Waals surface area contributed by atoms with E-state index in [1.165, 1.54) is 64.3 Å². The van der Waals surface area contributed by atoms with Gasteiger partial charge < -0.3 is 15.0 Å². The Morgan fingerprint density at radius 1 is 1.05 bits per heavy atom. The highest BCUT2D eigenvalue weighted by Crippen LogP contribution is 2.57. The molecule has 0 bridgehead atoms. The van der Waals surface area contributed by atoms with Crippen molar-refractivity contribution >= 4 is 0 Å². The Balaban J connectivity index is 1.57. The number of likely N-dealkylation sites (N-methyl/N-ethyl adjacent to an activating group) is 1. The van der Waals surface area contributed by atoms with Gasteiger partial charge in [0.25, 0.3) is 0 Å². The number of nitrogens with one attached hydrogen (secondary N) is 1. The third-order valence-electron chi connectivity index (χ3n) is 6.85. The predicted molar refractivity (Wildman–Crippen MR) is 87.6 cm³/mol. The van der Waals surface area contributed by atoms with Crippen molar-refractivity contribution < 1.29 is 4.74 Å². The van der Waals surface area contributed by atoms with Crippen LogP contribution in [0.5, 0.6) is 0 Å². The minimum atomic E-state index is 0.403. The first-order chi connectivity index (χ1) is 10.1. The lowest BCUT2D eigenvalue weighted by molar-refractivity contribution is -0.174. The molecule has 0 aromatic heterocycles. The second-order valence-electron chi connectivity index (χ2n) is 7.88. The van der Waals surface area contributed by atoms with E-state index in [0.717, 1.165) is 6.61 Å². The summed E-state index contributed by atoms with van der Waals surface area (Å²) in [6.07, 6.45) is 12.9. The molecule has 3 rings (SSSR count). The quantitative estimate of drug-likeness (QED) is 0.814. The maximum atomic E-state index is 5.98. The van der Waals surface area contributed by atoms with E-state index in [9.17, 15) is 0 Å². The summed E-state index contributed by atoms with van der Waals surface area (Å²) in [5.41, 5.74) is 0.901. The van der Waals surface area contributed by atoms with Crippen LogP contribution in [0.4, 0.5) is 0 Å². The molecule has 3 saturated carbocycles. The van der Waals surface area contributed by atoms with E-state index in [1.807, 2.05) is 0 Å². The van der Waals surface area contributed by atoms with Gasteiger partial charge in [0, 0.05) is 30.1 Å². The summed E-state index contributed by atoms with van der Waals surface area (Å²) in [4.78, 5) is 2.49. The molecular formula is C18H34N2O. The van der Waals surface area contributed by atoms with Gasteiger partial charge in [-0.05, 0) is 53.1 Å². The van der Waals surface area contributed by atoms with Crippen molar-refractivity contribution in [1.29, 1.82) is 0 Å². The number of hydrogen-bond acceptors (Lipinski definition) is 3. The Kier molecular flexibility index (Phi) is 4.63. The molecule has 0 aromatic carbocycles. The van der Waals surface area contributed by atoms with Crippen LogP contribution in [-0.4, -0.2) is 49.8 Å². The van der Waals surface area contributed by atoms with Gasteiger partial charge in [-0.3, -0.25) is 0 Å². The molecule has 0 aliphatic heterocycles. The van der Waals surface area contributed by atoms with Crippen molar-refractivity contribution in [2.75, 3.05) is 27.2 Å². The normalized spacial score (nSPS) is 33.7. The Hall–Kier alpha value is -0.120.